The van der Waals surface area contributed by atoms with Crippen LogP contribution in [0.5, 0.6) is 11.6 Å². The van der Waals surface area contributed by atoms with Crippen LogP contribution in [0.4, 0.5) is 0 Å². The minimum atomic E-state index is -0.0951. The Balaban J connectivity index is 3.16. The van der Waals surface area contributed by atoms with Gasteiger partial charge in [-0.15, -0.1) is 0 Å². The first-order valence-corrected chi connectivity index (χ1v) is 4.17. The van der Waals surface area contributed by atoms with Gasteiger partial charge in [-0.2, -0.15) is 5.10 Å². The highest BCUT2D eigenvalue weighted by atomic mass is 16.5. The third-order valence-electron chi connectivity index (χ3n) is 1.74. The summed E-state index contributed by atoms with van der Waals surface area (Å²) in [7, 11) is 3.22. The Kier molecular flexibility index (Phi) is 2.50. The highest BCUT2D eigenvalue weighted by Gasteiger charge is 2.21. The van der Waals surface area contributed by atoms with E-state index in [0.29, 0.717) is 11.6 Å². The van der Waals surface area contributed by atoms with Crippen LogP contribution in [0, 0.1) is 0 Å². The zero-order valence-electron chi connectivity index (χ0n) is 8.79. The minimum absolute atomic E-state index is 0.0951. The fourth-order valence-electron chi connectivity index (χ4n) is 1.13. The molecule has 4 nitrogen and oxygen atoms in total. The maximum atomic E-state index is 5.21. The number of hydrogen-bond acceptors (Lipinski definition) is 3. The SMILES string of the molecule is COc1cnn(C(C)(C)C)c1OC. The van der Waals surface area contributed by atoms with E-state index in [0.717, 1.165) is 0 Å². The fraction of sp³-hybridized carbons (Fsp3) is 0.667. The van der Waals surface area contributed by atoms with Gasteiger partial charge in [-0.25, -0.2) is 4.68 Å². The number of methoxy groups -OCH3 is 2. The van der Waals surface area contributed by atoms with Crippen molar-refractivity contribution in [2.24, 2.45) is 0 Å². The van der Waals surface area contributed by atoms with Crippen LogP contribution in [0.15, 0.2) is 6.20 Å². The van der Waals surface area contributed by atoms with E-state index in [-0.39, 0.29) is 5.54 Å². The molecule has 1 rings (SSSR count). The second-order valence-corrected chi connectivity index (χ2v) is 3.80. The van der Waals surface area contributed by atoms with Crippen molar-refractivity contribution in [1.82, 2.24) is 9.78 Å². The van der Waals surface area contributed by atoms with Gasteiger partial charge < -0.3 is 9.47 Å². The number of nitrogens with zero attached hydrogens (tertiary/aromatic N) is 2. The maximum absolute atomic E-state index is 5.21. The molecule has 0 spiro atoms. The van der Waals surface area contributed by atoms with Gasteiger partial charge in [0.1, 0.15) is 0 Å². The standard InChI is InChI=1S/C9H16N2O2/c1-9(2,3)11-8(13-5)7(12-4)6-10-11/h6H,1-5H3. The predicted molar refractivity (Wildman–Crippen MR) is 50.3 cm³/mol. The molecule has 1 aromatic rings. The van der Waals surface area contributed by atoms with Gasteiger partial charge in [-0.05, 0) is 20.8 Å². The third-order valence-corrected chi connectivity index (χ3v) is 1.74. The quantitative estimate of drug-likeness (QED) is 0.701. The molecular weight excluding hydrogens is 168 g/mol. The van der Waals surface area contributed by atoms with Crippen molar-refractivity contribution in [2.75, 3.05) is 14.2 Å². The summed E-state index contributed by atoms with van der Waals surface area (Å²) < 4.78 is 12.1. The predicted octanol–water partition coefficient (Wildman–Crippen LogP) is 1.66. The average molecular weight is 184 g/mol. The van der Waals surface area contributed by atoms with E-state index in [1.54, 1.807) is 25.1 Å². The van der Waals surface area contributed by atoms with Crippen LogP contribution >= 0.6 is 0 Å². The molecule has 74 valence electrons. The number of ether oxygens (including phenoxy) is 2. The van der Waals surface area contributed by atoms with E-state index < -0.39 is 0 Å². The maximum Gasteiger partial charge on any atom is 0.255 e. The Labute approximate surface area is 78.5 Å². The largest absolute Gasteiger partial charge is 0.490 e. The van der Waals surface area contributed by atoms with Crippen molar-refractivity contribution < 1.29 is 9.47 Å². The van der Waals surface area contributed by atoms with Crippen LogP contribution in [0.25, 0.3) is 0 Å². The summed E-state index contributed by atoms with van der Waals surface area (Å²) in [6, 6.07) is 0. The van der Waals surface area contributed by atoms with Gasteiger partial charge in [0.05, 0.1) is 26.0 Å². The van der Waals surface area contributed by atoms with E-state index in [1.807, 2.05) is 0 Å². The van der Waals surface area contributed by atoms with Crippen LogP contribution in [0.3, 0.4) is 0 Å². The van der Waals surface area contributed by atoms with Crippen molar-refractivity contribution >= 4 is 0 Å². The van der Waals surface area contributed by atoms with Crippen LogP contribution in [0.1, 0.15) is 20.8 Å². The van der Waals surface area contributed by atoms with Crippen molar-refractivity contribution in [1.29, 1.82) is 0 Å². The lowest BCUT2D eigenvalue weighted by molar-refractivity contribution is 0.270. The summed E-state index contributed by atoms with van der Waals surface area (Å²) >= 11 is 0. The Hall–Kier alpha value is -1.19. The number of hydrogen-bond donors (Lipinski definition) is 0. The van der Waals surface area contributed by atoms with Crippen LogP contribution < -0.4 is 9.47 Å². The molecule has 4 heteroatoms. The first-order chi connectivity index (χ1) is 6.00. The van der Waals surface area contributed by atoms with Crippen LogP contribution in [-0.4, -0.2) is 24.0 Å². The molecule has 0 bridgehead atoms. The molecule has 0 aliphatic heterocycles. The third kappa shape index (κ3) is 1.76. The summed E-state index contributed by atoms with van der Waals surface area (Å²) in [5.41, 5.74) is -0.0951. The molecule has 0 saturated heterocycles. The van der Waals surface area contributed by atoms with Crippen molar-refractivity contribution in [3.8, 4) is 11.6 Å². The number of rotatable bonds is 2. The zero-order chi connectivity index (χ0) is 10.1. The summed E-state index contributed by atoms with van der Waals surface area (Å²) in [5, 5.41) is 4.20. The normalized spacial score (nSPS) is 11.5. The fourth-order valence-corrected chi connectivity index (χ4v) is 1.13. The molecule has 0 aromatic carbocycles. The lowest BCUT2D eigenvalue weighted by Gasteiger charge is -2.21. The molecule has 13 heavy (non-hydrogen) atoms. The second kappa shape index (κ2) is 3.28. The molecule has 0 saturated carbocycles. The second-order valence-electron chi connectivity index (χ2n) is 3.80. The zero-order valence-corrected chi connectivity index (χ0v) is 8.79. The molecule has 0 radical (unpaired) electrons. The van der Waals surface area contributed by atoms with Crippen molar-refractivity contribution in [2.45, 2.75) is 26.3 Å². The smallest absolute Gasteiger partial charge is 0.255 e. The van der Waals surface area contributed by atoms with Crippen molar-refractivity contribution in [3.63, 3.8) is 0 Å². The highest BCUT2D eigenvalue weighted by Crippen LogP contribution is 2.30. The van der Waals surface area contributed by atoms with Gasteiger partial charge >= 0.3 is 0 Å². The van der Waals surface area contributed by atoms with E-state index in [1.165, 1.54) is 0 Å². The summed E-state index contributed by atoms with van der Waals surface area (Å²) in [6.07, 6.45) is 1.66. The van der Waals surface area contributed by atoms with Gasteiger partial charge in [0, 0.05) is 0 Å². The van der Waals surface area contributed by atoms with Gasteiger partial charge in [0.25, 0.3) is 5.88 Å². The van der Waals surface area contributed by atoms with E-state index in [2.05, 4.69) is 25.9 Å². The van der Waals surface area contributed by atoms with Gasteiger partial charge in [-0.1, -0.05) is 0 Å². The molecule has 0 amide bonds. The molecule has 0 N–H and O–H groups in total. The Bertz CT molecular complexity index is 286. The highest BCUT2D eigenvalue weighted by molar-refractivity contribution is 5.32. The Morgan fingerprint density at radius 1 is 1.23 bits per heavy atom. The van der Waals surface area contributed by atoms with Gasteiger partial charge in [0.15, 0.2) is 0 Å². The topological polar surface area (TPSA) is 36.3 Å². The van der Waals surface area contributed by atoms with E-state index >= 15 is 0 Å². The molecule has 0 atom stereocenters. The Morgan fingerprint density at radius 2 is 1.85 bits per heavy atom. The molecule has 0 fully saturated rings. The van der Waals surface area contributed by atoms with Crippen LogP contribution in [-0.2, 0) is 5.54 Å². The molecule has 1 aromatic heterocycles. The van der Waals surface area contributed by atoms with E-state index in [9.17, 15) is 0 Å². The average Bonchev–Trinajstić information content (AvgIpc) is 2.45. The molecular formula is C9H16N2O2. The van der Waals surface area contributed by atoms with Crippen molar-refractivity contribution in [3.05, 3.63) is 6.20 Å². The molecule has 0 aliphatic rings. The monoisotopic (exact) mass is 184 g/mol. The first-order valence-electron chi connectivity index (χ1n) is 4.17. The number of aromatic nitrogens is 2. The lowest BCUT2D eigenvalue weighted by Crippen LogP contribution is -2.23. The van der Waals surface area contributed by atoms with Gasteiger partial charge in [0.2, 0.25) is 5.75 Å². The summed E-state index contributed by atoms with van der Waals surface area (Å²) in [5.74, 6) is 1.33. The van der Waals surface area contributed by atoms with Gasteiger partial charge in [-0.3, -0.25) is 0 Å². The Morgan fingerprint density at radius 3 is 2.23 bits per heavy atom. The minimum Gasteiger partial charge on any atom is -0.490 e. The summed E-state index contributed by atoms with van der Waals surface area (Å²) in [6.45, 7) is 6.17. The molecule has 1 heterocycles. The van der Waals surface area contributed by atoms with Crippen LogP contribution in [0.2, 0.25) is 0 Å². The first kappa shape index (κ1) is 9.89. The lowest BCUT2D eigenvalue weighted by atomic mass is 10.1. The summed E-state index contributed by atoms with van der Waals surface area (Å²) in [4.78, 5) is 0. The molecule has 0 unspecified atom stereocenters. The molecule has 0 aliphatic carbocycles. The van der Waals surface area contributed by atoms with E-state index in [4.69, 9.17) is 9.47 Å².